The summed E-state index contributed by atoms with van der Waals surface area (Å²) in [6, 6.07) is 12.8. The summed E-state index contributed by atoms with van der Waals surface area (Å²) in [5.74, 6) is -0.0700. The second kappa shape index (κ2) is 7.76. The number of hydrogen-bond donors (Lipinski definition) is 2. The SMILES string of the molecule is OC(CSc1cc2ccccc2[nH]1)c1cc(C(F)(F)F)nc2c(C(F)(F)F)cccc12. The van der Waals surface area contributed by atoms with Gasteiger partial charge in [-0.25, -0.2) is 4.98 Å². The molecule has 2 aromatic carbocycles. The number of aliphatic hydroxyl groups excluding tert-OH is 1. The van der Waals surface area contributed by atoms with E-state index in [-0.39, 0.29) is 16.7 Å². The highest BCUT2D eigenvalue weighted by Crippen LogP contribution is 2.39. The summed E-state index contributed by atoms with van der Waals surface area (Å²) in [5.41, 5.74) is -3.02. The predicted molar refractivity (Wildman–Crippen MR) is 106 cm³/mol. The molecule has 2 heterocycles. The van der Waals surface area contributed by atoms with Gasteiger partial charge < -0.3 is 10.1 Å². The first kappa shape index (κ1) is 21.5. The molecular formula is C21H14F6N2OS. The normalized spacial score (nSPS) is 13.8. The summed E-state index contributed by atoms with van der Waals surface area (Å²) in [6.07, 6.45) is -11.3. The van der Waals surface area contributed by atoms with E-state index in [2.05, 4.69) is 9.97 Å². The van der Waals surface area contributed by atoms with E-state index < -0.39 is 35.2 Å². The van der Waals surface area contributed by atoms with Gasteiger partial charge in [-0.1, -0.05) is 30.3 Å². The molecule has 3 nitrogen and oxygen atoms in total. The molecule has 0 bridgehead atoms. The molecule has 0 aliphatic carbocycles. The number of halogens is 6. The lowest BCUT2D eigenvalue weighted by Crippen LogP contribution is -2.14. The Labute approximate surface area is 176 Å². The third-order valence-corrected chi connectivity index (χ3v) is 5.74. The number of H-pyrrole nitrogens is 1. The van der Waals surface area contributed by atoms with Gasteiger partial charge >= 0.3 is 12.4 Å². The Morgan fingerprint density at radius 2 is 1.68 bits per heavy atom. The lowest BCUT2D eigenvalue weighted by molar-refractivity contribution is -0.142. The molecule has 2 aromatic heterocycles. The van der Waals surface area contributed by atoms with Crippen molar-refractivity contribution >= 4 is 33.6 Å². The van der Waals surface area contributed by atoms with Gasteiger partial charge in [0.2, 0.25) is 0 Å². The van der Waals surface area contributed by atoms with Crippen LogP contribution in [0.2, 0.25) is 0 Å². The maximum atomic E-state index is 13.4. The molecular weight excluding hydrogens is 442 g/mol. The lowest BCUT2D eigenvalue weighted by atomic mass is 10.00. The summed E-state index contributed by atoms with van der Waals surface area (Å²) < 4.78 is 80.0. The van der Waals surface area contributed by atoms with Gasteiger partial charge in [0.25, 0.3) is 0 Å². The number of rotatable bonds is 4. The van der Waals surface area contributed by atoms with Gasteiger partial charge in [0.15, 0.2) is 0 Å². The van der Waals surface area contributed by atoms with Crippen LogP contribution in [-0.4, -0.2) is 20.8 Å². The van der Waals surface area contributed by atoms with Crippen LogP contribution < -0.4 is 0 Å². The first-order chi connectivity index (χ1) is 14.5. The highest BCUT2D eigenvalue weighted by molar-refractivity contribution is 7.99. The second-order valence-corrected chi connectivity index (χ2v) is 7.90. The van der Waals surface area contributed by atoms with Crippen molar-refractivity contribution in [2.45, 2.75) is 23.5 Å². The van der Waals surface area contributed by atoms with Crippen LogP contribution >= 0.6 is 11.8 Å². The number of fused-ring (bicyclic) bond motifs is 2. The van der Waals surface area contributed by atoms with Gasteiger partial charge in [-0.05, 0) is 29.8 Å². The van der Waals surface area contributed by atoms with Gasteiger partial charge in [0.05, 0.1) is 22.2 Å². The predicted octanol–water partition coefficient (Wildman–Crippen LogP) is 6.58. The summed E-state index contributed by atoms with van der Waals surface area (Å²) in [4.78, 5) is 6.35. The van der Waals surface area contributed by atoms with Crippen molar-refractivity contribution in [1.29, 1.82) is 0 Å². The van der Waals surface area contributed by atoms with Crippen molar-refractivity contribution in [3.63, 3.8) is 0 Å². The highest BCUT2D eigenvalue weighted by Gasteiger charge is 2.38. The number of aromatic amines is 1. The minimum atomic E-state index is -4.97. The molecule has 1 atom stereocenters. The van der Waals surface area contributed by atoms with Crippen molar-refractivity contribution in [3.05, 3.63) is 71.4 Å². The van der Waals surface area contributed by atoms with Crippen LogP contribution in [0.1, 0.15) is 22.9 Å². The smallest absolute Gasteiger partial charge is 0.388 e. The fourth-order valence-electron chi connectivity index (χ4n) is 3.31. The van der Waals surface area contributed by atoms with Crippen LogP contribution in [0, 0.1) is 0 Å². The Hall–Kier alpha value is -2.72. The number of benzene rings is 2. The standard InChI is InChI=1S/C21H14F6N2OS/c22-20(23,24)14-6-3-5-12-13(9-17(21(25,26)27)29-19(12)14)16(30)10-31-18-8-11-4-1-2-7-15(11)28-18/h1-9,16,28,30H,10H2. The number of nitrogens with zero attached hydrogens (tertiary/aromatic N) is 1. The van der Waals surface area contributed by atoms with E-state index in [9.17, 15) is 31.4 Å². The third-order valence-electron chi connectivity index (χ3n) is 4.73. The van der Waals surface area contributed by atoms with Crippen LogP contribution in [0.3, 0.4) is 0 Å². The van der Waals surface area contributed by atoms with Gasteiger partial charge in [0.1, 0.15) is 5.69 Å². The average Bonchev–Trinajstić information content (AvgIpc) is 3.12. The van der Waals surface area contributed by atoms with Gasteiger partial charge in [-0.3, -0.25) is 0 Å². The summed E-state index contributed by atoms with van der Waals surface area (Å²) in [5, 5.41) is 12.0. The molecule has 0 saturated carbocycles. The molecule has 2 N–H and O–H groups in total. The lowest BCUT2D eigenvalue weighted by Gasteiger charge is -2.18. The van der Waals surface area contributed by atoms with Crippen LogP contribution in [0.15, 0.2) is 59.6 Å². The molecule has 0 spiro atoms. The fraction of sp³-hybridized carbons (Fsp3) is 0.190. The Morgan fingerprint density at radius 3 is 2.35 bits per heavy atom. The minimum absolute atomic E-state index is 0.0700. The first-order valence-corrected chi connectivity index (χ1v) is 9.99. The van der Waals surface area contributed by atoms with Gasteiger partial charge in [-0.15, -0.1) is 11.8 Å². The maximum Gasteiger partial charge on any atom is 0.433 e. The molecule has 0 fully saturated rings. The fourth-order valence-corrected chi connectivity index (χ4v) is 4.22. The van der Waals surface area contributed by atoms with Crippen molar-refractivity contribution in [2.24, 2.45) is 0 Å². The number of thioether (sulfide) groups is 1. The van der Waals surface area contributed by atoms with E-state index in [0.717, 1.165) is 28.7 Å². The van der Waals surface area contributed by atoms with E-state index in [1.165, 1.54) is 6.07 Å². The number of pyridine rings is 1. The topological polar surface area (TPSA) is 48.9 Å². The second-order valence-electron chi connectivity index (χ2n) is 6.84. The monoisotopic (exact) mass is 456 g/mol. The first-order valence-electron chi connectivity index (χ1n) is 9.01. The highest BCUT2D eigenvalue weighted by atomic mass is 32.2. The number of para-hydroxylation sites is 2. The summed E-state index contributed by atoms with van der Waals surface area (Å²) >= 11 is 1.15. The maximum absolute atomic E-state index is 13.4. The number of nitrogens with one attached hydrogen (secondary N) is 1. The zero-order valence-electron chi connectivity index (χ0n) is 15.6. The van der Waals surface area contributed by atoms with E-state index >= 15 is 0 Å². The average molecular weight is 456 g/mol. The molecule has 162 valence electrons. The molecule has 0 aliphatic rings. The zero-order chi connectivity index (χ0) is 22.4. The minimum Gasteiger partial charge on any atom is -0.388 e. The largest absolute Gasteiger partial charge is 0.433 e. The Bertz CT molecular complexity index is 1220. The van der Waals surface area contributed by atoms with E-state index in [1.807, 2.05) is 30.3 Å². The number of alkyl halides is 6. The summed E-state index contributed by atoms with van der Waals surface area (Å²) in [7, 11) is 0. The third kappa shape index (κ3) is 4.35. The van der Waals surface area contributed by atoms with Crippen molar-refractivity contribution in [3.8, 4) is 0 Å². The van der Waals surface area contributed by atoms with Crippen LogP contribution in [0.25, 0.3) is 21.8 Å². The Balaban J connectivity index is 1.74. The quantitative estimate of drug-likeness (QED) is 0.269. The molecule has 10 heteroatoms. The van der Waals surface area contributed by atoms with E-state index in [1.54, 1.807) is 0 Å². The number of hydrogen-bond acceptors (Lipinski definition) is 3. The van der Waals surface area contributed by atoms with Crippen molar-refractivity contribution < 1.29 is 31.4 Å². The molecule has 0 radical (unpaired) electrons. The summed E-state index contributed by atoms with van der Waals surface area (Å²) in [6.45, 7) is 0. The number of aromatic nitrogens is 2. The zero-order valence-corrected chi connectivity index (χ0v) is 16.4. The van der Waals surface area contributed by atoms with E-state index in [0.29, 0.717) is 17.2 Å². The van der Waals surface area contributed by atoms with E-state index in [4.69, 9.17) is 0 Å². The molecule has 4 rings (SSSR count). The molecule has 4 aromatic rings. The van der Waals surface area contributed by atoms with Crippen molar-refractivity contribution in [2.75, 3.05) is 5.75 Å². The van der Waals surface area contributed by atoms with Gasteiger partial charge in [0, 0.05) is 22.0 Å². The molecule has 31 heavy (non-hydrogen) atoms. The molecule has 0 amide bonds. The Kier molecular flexibility index (Phi) is 5.38. The molecule has 0 saturated heterocycles. The van der Waals surface area contributed by atoms with Crippen LogP contribution in [0.5, 0.6) is 0 Å². The Morgan fingerprint density at radius 1 is 0.935 bits per heavy atom. The van der Waals surface area contributed by atoms with Crippen LogP contribution in [-0.2, 0) is 12.4 Å². The van der Waals surface area contributed by atoms with Crippen LogP contribution in [0.4, 0.5) is 26.3 Å². The molecule has 0 aliphatic heterocycles. The molecule has 1 unspecified atom stereocenters. The number of aliphatic hydroxyl groups is 1. The van der Waals surface area contributed by atoms with Gasteiger partial charge in [-0.2, -0.15) is 26.3 Å². The van der Waals surface area contributed by atoms with Crippen molar-refractivity contribution in [1.82, 2.24) is 9.97 Å².